The average molecular weight is 360 g/mol. The third-order valence-corrected chi connectivity index (χ3v) is 2.74. The Hall–Kier alpha value is -0.990. The average Bonchev–Trinajstić information content (AvgIpc) is 2.17. The zero-order valence-electron chi connectivity index (χ0n) is 8.42. The minimum Gasteiger partial charge on any atom is -0.481 e. The quantitative estimate of drug-likeness (QED) is 0.839. The van der Waals surface area contributed by atoms with Crippen molar-refractivity contribution in [2.75, 3.05) is 0 Å². The van der Waals surface area contributed by atoms with Crippen molar-refractivity contribution in [1.29, 1.82) is 0 Å². The second-order valence-electron chi connectivity index (χ2n) is 3.21. The van der Waals surface area contributed by atoms with Crippen LogP contribution in [0.15, 0.2) is 18.2 Å². The summed E-state index contributed by atoms with van der Waals surface area (Å²) in [5, 5.41) is 8.47. The monoisotopic (exact) mass is 360 g/mol. The fourth-order valence-electron chi connectivity index (χ4n) is 1.16. The molecule has 0 fully saturated rings. The molecule has 0 aliphatic carbocycles. The molecule has 1 aromatic carbocycles. The second-order valence-corrected chi connectivity index (χ2v) is 4.37. The maximum atomic E-state index is 12.0. The van der Waals surface area contributed by atoms with Gasteiger partial charge in [-0.3, -0.25) is 4.79 Å². The molecule has 0 saturated carbocycles. The number of carboxylic acid groups (broad SMARTS) is 1. The number of alkyl halides is 3. The molecule has 0 aliphatic heterocycles. The molecule has 7 heteroatoms. The predicted molar refractivity (Wildman–Crippen MR) is 61.8 cm³/mol. The molecule has 3 nitrogen and oxygen atoms in total. The third kappa shape index (κ3) is 5.24. The summed E-state index contributed by atoms with van der Waals surface area (Å²) in [6, 6.07) is 4.24. The van der Waals surface area contributed by atoms with Gasteiger partial charge in [0.2, 0.25) is 0 Å². The largest absolute Gasteiger partial charge is 0.573 e. The van der Waals surface area contributed by atoms with Crippen LogP contribution >= 0.6 is 22.6 Å². The topological polar surface area (TPSA) is 46.5 Å². The summed E-state index contributed by atoms with van der Waals surface area (Å²) in [7, 11) is 0. The number of hydrogen-bond donors (Lipinski definition) is 1. The molecule has 0 radical (unpaired) electrons. The van der Waals surface area contributed by atoms with Crippen LogP contribution in [0.2, 0.25) is 0 Å². The first-order chi connectivity index (χ1) is 7.78. The van der Waals surface area contributed by atoms with Crippen LogP contribution in [-0.2, 0) is 11.2 Å². The van der Waals surface area contributed by atoms with Crippen molar-refractivity contribution < 1.29 is 27.8 Å². The summed E-state index contributed by atoms with van der Waals surface area (Å²) in [6.45, 7) is 0. The van der Waals surface area contributed by atoms with Crippen LogP contribution in [0.25, 0.3) is 0 Å². The minimum atomic E-state index is -4.74. The summed E-state index contributed by atoms with van der Waals surface area (Å²) < 4.78 is 40.3. The number of aryl methyl sites for hydroxylation is 1. The maximum Gasteiger partial charge on any atom is 0.573 e. The van der Waals surface area contributed by atoms with Crippen molar-refractivity contribution >= 4 is 28.6 Å². The second kappa shape index (κ2) is 5.56. The number of benzene rings is 1. The highest BCUT2D eigenvalue weighted by molar-refractivity contribution is 14.1. The molecular weight excluding hydrogens is 352 g/mol. The summed E-state index contributed by atoms with van der Waals surface area (Å²) in [5.74, 6) is -1.30. The van der Waals surface area contributed by atoms with Crippen molar-refractivity contribution in [2.24, 2.45) is 0 Å². The van der Waals surface area contributed by atoms with Gasteiger partial charge in [-0.15, -0.1) is 13.2 Å². The smallest absolute Gasteiger partial charge is 0.481 e. The van der Waals surface area contributed by atoms with E-state index in [4.69, 9.17) is 5.11 Å². The lowest BCUT2D eigenvalue weighted by molar-refractivity contribution is -0.275. The van der Waals surface area contributed by atoms with E-state index in [-0.39, 0.29) is 18.6 Å². The molecule has 0 amide bonds. The van der Waals surface area contributed by atoms with Gasteiger partial charge in [0, 0.05) is 6.42 Å². The Balaban J connectivity index is 2.83. The molecule has 1 aromatic rings. The first kappa shape index (κ1) is 14.1. The Morgan fingerprint density at radius 1 is 1.41 bits per heavy atom. The summed E-state index contributed by atoms with van der Waals surface area (Å²) >= 11 is 1.72. The molecule has 17 heavy (non-hydrogen) atoms. The fraction of sp³-hybridized carbons (Fsp3) is 0.300. The SMILES string of the molecule is O=C(O)CCc1ccc(I)c(OC(F)(F)F)c1. The lowest BCUT2D eigenvalue weighted by Gasteiger charge is -2.11. The van der Waals surface area contributed by atoms with Crippen LogP contribution < -0.4 is 4.74 Å². The Morgan fingerprint density at radius 3 is 2.59 bits per heavy atom. The van der Waals surface area contributed by atoms with Gasteiger partial charge in [-0.25, -0.2) is 0 Å². The molecular formula is C10H8F3IO3. The van der Waals surface area contributed by atoms with Gasteiger partial charge >= 0.3 is 12.3 Å². The first-order valence-electron chi connectivity index (χ1n) is 4.54. The van der Waals surface area contributed by atoms with Gasteiger partial charge < -0.3 is 9.84 Å². The van der Waals surface area contributed by atoms with Crippen molar-refractivity contribution in [3.63, 3.8) is 0 Å². The molecule has 1 rings (SSSR count). The van der Waals surface area contributed by atoms with Crippen LogP contribution in [0.1, 0.15) is 12.0 Å². The number of carbonyl (C=O) groups is 1. The van der Waals surface area contributed by atoms with Crippen molar-refractivity contribution in [3.05, 3.63) is 27.3 Å². The molecule has 0 heterocycles. The molecule has 0 bridgehead atoms. The Morgan fingerprint density at radius 2 is 2.06 bits per heavy atom. The van der Waals surface area contributed by atoms with E-state index >= 15 is 0 Å². The highest BCUT2D eigenvalue weighted by Crippen LogP contribution is 2.28. The highest BCUT2D eigenvalue weighted by Gasteiger charge is 2.32. The number of aliphatic carboxylic acids is 1. The van der Waals surface area contributed by atoms with Crippen LogP contribution in [0.3, 0.4) is 0 Å². The number of carboxylic acids is 1. The Labute approximate surface area is 109 Å². The lowest BCUT2D eigenvalue weighted by Crippen LogP contribution is -2.18. The zero-order valence-corrected chi connectivity index (χ0v) is 10.6. The van der Waals surface area contributed by atoms with E-state index in [1.165, 1.54) is 12.1 Å². The number of halogens is 4. The van der Waals surface area contributed by atoms with Crippen molar-refractivity contribution in [3.8, 4) is 5.75 Å². The normalized spacial score (nSPS) is 11.3. The van der Waals surface area contributed by atoms with Gasteiger partial charge in [0.25, 0.3) is 0 Å². The predicted octanol–water partition coefficient (Wildman–Crippen LogP) is 3.21. The maximum absolute atomic E-state index is 12.0. The summed E-state index contributed by atoms with van der Waals surface area (Å²) in [6.07, 6.45) is -4.71. The molecule has 0 atom stereocenters. The van der Waals surface area contributed by atoms with Gasteiger partial charge in [-0.05, 0) is 46.7 Å². The zero-order chi connectivity index (χ0) is 13.1. The lowest BCUT2D eigenvalue weighted by atomic mass is 10.1. The Bertz CT molecular complexity index is 418. The molecule has 0 aromatic heterocycles. The molecule has 0 unspecified atom stereocenters. The third-order valence-electron chi connectivity index (χ3n) is 1.85. The van der Waals surface area contributed by atoms with Crippen LogP contribution in [0.5, 0.6) is 5.75 Å². The van der Waals surface area contributed by atoms with E-state index in [0.29, 0.717) is 9.13 Å². The first-order valence-corrected chi connectivity index (χ1v) is 5.62. The number of hydrogen-bond acceptors (Lipinski definition) is 2. The molecule has 1 N–H and O–H groups in total. The Kier molecular flexibility index (Phi) is 4.61. The highest BCUT2D eigenvalue weighted by atomic mass is 127. The standard InChI is InChI=1S/C10H8F3IO3/c11-10(12,13)17-8-5-6(1-3-7(8)14)2-4-9(15)16/h1,3,5H,2,4H2,(H,15,16). The molecule has 0 aliphatic rings. The van der Waals surface area contributed by atoms with Gasteiger partial charge in [0.15, 0.2) is 0 Å². The van der Waals surface area contributed by atoms with Crippen LogP contribution in [0.4, 0.5) is 13.2 Å². The fourth-order valence-corrected chi connectivity index (χ4v) is 1.60. The summed E-state index contributed by atoms with van der Waals surface area (Å²) in [4.78, 5) is 10.3. The van der Waals surface area contributed by atoms with Gasteiger partial charge in [0.05, 0.1) is 3.57 Å². The van der Waals surface area contributed by atoms with E-state index in [1.807, 2.05) is 0 Å². The minimum absolute atomic E-state index is 0.133. The van der Waals surface area contributed by atoms with Gasteiger partial charge in [-0.1, -0.05) is 6.07 Å². The summed E-state index contributed by atoms with van der Waals surface area (Å²) in [5.41, 5.74) is 0.493. The molecule has 94 valence electrons. The number of rotatable bonds is 4. The van der Waals surface area contributed by atoms with E-state index in [2.05, 4.69) is 4.74 Å². The van der Waals surface area contributed by atoms with Crippen molar-refractivity contribution in [1.82, 2.24) is 0 Å². The van der Waals surface area contributed by atoms with E-state index in [1.54, 1.807) is 28.7 Å². The van der Waals surface area contributed by atoms with Gasteiger partial charge in [0.1, 0.15) is 5.75 Å². The number of ether oxygens (including phenoxy) is 1. The van der Waals surface area contributed by atoms with Gasteiger partial charge in [-0.2, -0.15) is 0 Å². The van der Waals surface area contributed by atoms with E-state index < -0.39 is 12.3 Å². The van der Waals surface area contributed by atoms with Crippen LogP contribution in [-0.4, -0.2) is 17.4 Å². The van der Waals surface area contributed by atoms with E-state index in [9.17, 15) is 18.0 Å². The van der Waals surface area contributed by atoms with E-state index in [0.717, 1.165) is 0 Å². The van der Waals surface area contributed by atoms with Crippen molar-refractivity contribution in [2.45, 2.75) is 19.2 Å². The molecule has 0 saturated heterocycles. The molecule has 0 spiro atoms. The van der Waals surface area contributed by atoms with Crippen LogP contribution in [0, 0.1) is 3.57 Å².